The van der Waals surface area contributed by atoms with Gasteiger partial charge >= 0.3 is 0 Å². The molecule has 3 heteroatoms. The average Bonchev–Trinajstić information content (AvgIpc) is 2.88. The number of hydrogen-bond acceptors (Lipinski definition) is 3. The van der Waals surface area contributed by atoms with Crippen LogP contribution in [0.2, 0.25) is 0 Å². The minimum atomic E-state index is 0.638. The summed E-state index contributed by atoms with van der Waals surface area (Å²) >= 11 is 1.79. The summed E-state index contributed by atoms with van der Waals surface area (Å²) in [7, 11) is 0. The van der Waals surface area contributed by atoms with E-state index in [2.05, 4.69) is 47.8 Å². The first-order valence-electron chi connectivity index (χ1n) is 7.23. The van der Waals surface area contributed by atoms with E-state index in [-0.39, 0.29) is 0 Å². The van der Waals surface area contributed by atoms with Crippen LogP contribution >= 0.6 is 11.3 Å². The third-order valence-corrected chi connectivity index (χ3v) is 4.22. The first-order valence-corrected chi connectivity index (χ1v) is 8.17. The highest BCUT2D eigenvalue weighted by atomic mass is 32.1. The number of nitrogens with zero attached hydrogens (tertiary/aromatic N) is 1. The molecule has 0 aliphatic rings. The third-order valence-electron chi connectivity index (χ3n) is 3.49. The summed E-state index contributed by atoms with van der Waals surface area (Å²) in [6.07, 6.45) is 3.73. The number of nitrogens with one attached hydrogen (secondary N) is 1. The quantitative estimate of drug-likeness (QED) is 0.700. The topological polar surface area (TPSA) is 15.3 Å². The SMILES string of the molecule is CCN(CC)CCCC(C)NCCc1ccsc1. The Hall–Kier alpha value is -0.380. The summed E-state index contributed by atoms with van der Waals surface area (Å²) in [5, 5.41) is 8.02. The lowest BCUT2D eigenvalue weighted by Gasteiger charge is -2.19. The zero-order valence-corrected chi connectivity index (χ0v) is 12.9. The molecule has 1 aromatic heterocycles. The van der Waals surface area contributed by atoms with Crippen LogP contribution in [-0.4, -0.2) is 37.1 Å². The van der Waals surface area contributed by atoms with Crippen LogP contribution in [0.15, 0.2) is 16.8 Å². The molecule has 0 saturated carbocycles. The molecule has 1 aromatic rings. The van der Waals surface area contributed by atoms with Gasteiger partial charge < -0.3 is 10.2 Å². The smallest absolute Gasteiger partial charge is 0.00393 e. The molecule has 2 nitrogen and oxygen atoms in total. The van der Waals surface area contributed by atoms with E-state index in [1.54, 1.807) is 11.3 Å². The van der Waals surface area contributed by atoms with Crippen molar-refractivity contribution in [1.82, 2.24) is 10.2 Å². The van der Waals surface area contributed by atoms with Crippen LogP contribution in [0, 0.1) is 0 Å². The minimum Gasteiger partial charge on any atom is -0.314 e. The van der Waals surface area contributed by atoms with Crippen LogP contribution in [-0.2, 0) is 6.42 Å². The predicted octanol–water partition coefficient (Wildman–Crippen LogP) is 3.39. The van der Waals surface area contributed by atoms with Crippen molar-refractivity contribution in [2.24, 2.45) is 0 Å². The van der Waals surface area contributed by atoms with Gasteiger partial charge in [0.15, 0.2) is 0 Å². The summed E-state index contributed by atoms with van der Waals surface area (Å²) in [6.45, 7) is 11.5. The Labute approximate surface area is 116 Å². The van der Waals surface area contributed by atoms with Crippen LogP contribution in [0.5, 0.6) is 0 Å². The summed E-state index contributed by atoms with van der Waals surface area (Å²) in [6, 6.07) is 2.86. The van der Waals surface area contributed by atoms with Gasteiger partial charge in [0.1, 0.15) is 0 Å². The van der Waals surface area contributed by atoms with Gasteiger partial charge in [-0.1, -0.05) is 13.8 Å². The van der Waals surface area contributed by atoms with E-state index in [0.29, 0.717) is 6.04 Å². The lowest BCUT2D eigenvalue weighted by atomic mass is 10.1. The molecule has 0 bridgehead atoms. The molecule has 0 aromatic carbocycles. The van der Waals surface area contributed by atoms with Crippen LogP contribution in [0.3, 0.4) is 0 Å². The van der Waals surface area contributed by atoms with Gasteiger partial charge in [0, 0.05) is 6.04 Å². The maximum atomic E-state index is 3.62. The predicted molar refractivity (Wildman–Crippen MR) is 82.5 cm³/mol. The Morgan fingerprint density at radius 3 is 2.72 bits per heavy atom. The van der Waals surface area contributed by atoms with Crippen molar-refractivity contribution in [2.45, 2.75) is 46.1 Å². The molecule has 0 amide bonds. The highest BCUT2D eigenvalue weighted by molar-refractivity contribution is 7.07. The van der Waals surface area contributed by atoms with Gasteiger partial charge in [-0.3, -0.25) is 0 Å². The zero-order valence-electron chi connectivity index (χ0n) is 12.1. The third kappa shape index (κ3) is 6.53. The maximum Gasteiger partial charge on any atom is 0.00393 e. The Morgan fingerprint density at radius 2 is 2.11 bits per heavy atom. The summed E-state index contributed by atoms with van der Waals surface area (Å²) < 4.78 is 0. The van der Waals surface area contributed by atoms with Crippen molar-refractivity contribution in [3.05, 3.63) is 22.4 Å². The Morgan fingerprint density at radius 1 is 1.33 bits per heavy atom. The van der Waals surface area contributed by atoms with Gasteiger partial charge in [0.05, 0.1) is 0 Å². The van der Waals surface area contributed by atoms with E-state index < -0.39 is 0 Å². The summed E-state index contributed by atoms with van der Waals surface area (Å²) in [4.78, 5) is 2.50. The largest absolute Gasteiger partial charge is 0.314 e. The van der Waals surface area contributed by atoms with Gasteiger partial charge in [-0.2, -0.15) is 11.3 Å². The Bertz CT molecular complexity index is 281. The molecule has 0 saturated heterocycles. The second-order valence-electron chi connectivity index (χ2n) is 4.91. The maximum absolute atomic E-state index is 3.62. The van der Waals surface area contributed by atoms with Gasteiger partial charge in [-0.15, -0.1) is 0 Å². The fourth-order valence-corrected chi connectivity index (χ4v) is 2.86. The second kappa shape index (κ2) is 9.54. The van der Waals surface area contributed by atoms with Gasteiger partial charge in [0.2, 0.25) is 0 Å². The minimum absolute atomic E-state index is 0.638. The molecular formula is C15H28N2S. The van der Waals surface area contributed by atoms with Crippen molar-refractivity contribution < 1.29 is 0 Å². The average molecular weight is 268 g/mol. The van der Waals surface area contributed by atoms with E-state index in [1.165, 1.54) is 38.0 Å². The first kappa shape index (κ1) is 15.7. The van der Waals surface area contributed by atoms with Crippen molar-refractivity contribution in [3.63, 3.8) is 0 Å². The molecule has 1 atom stereocenters. The number of hydrogen-bond donors (Lipinski definition) is 1. The first-order chi connectivity index (χ1) is 8.76. The van der Waals surface area contributed by atoms with Crippen LogP contribution in [0.25, 0.3) is 0 Å². The molecule has 0 fully saturated rings. The number of thiophene rings is 1. The molecule has 0 aliphatic carbocycles. The van der Waals surface area contributed by atoms with E-state index in [9.17, 15) is 0 Å². The molecule has 1 unspecified atom stereocenters. The molecular weight excluding hydrogens is 240 g/mol. The summed E-state index contributed by atoms with van der Waals surface area (Å²) in [5.41, 5.74) is 1.46. The lowest BCUT2D eigenvalue weighted by molar-refractivity contribution is 0.290. The van der Waals surface area contributed by atoms with Crippen LogP contribution in [0.4, 0.5) is 0 Å². The normalized spacial score (nSPS) is 13.1. The van der Waals surface area contributed by atoms with Crippen molar-refractivity contribution in [2.75, 3.05) is 26.2 Å². The van der Waals surface area contributed by atoms with Crippen molar-refractivity contribution in [3.8, 4) is 0 Å². The fraction of sp³-hybridized carbons (Fsp3) is 0.733. The molecule has 1 rings (SSSR count). The lowest BCUT2D eigenvalue weighted by Crippen LogP contribution is -2.30. The van der Waals surface area contributed by atoms with Crippen LogP contribution in [0.1, 0.15) is 39.2 Å². The van der Waals surface area contributed by atoms with Gasteiger partial charge in [-0.25, -0.2) is 0 Å². The number of rotatable bonds is 10. The standard InChI is InChI=1S/C15H28N2S/c1-4-17(5-2)11-6-7-14(3)16-10-8-15-9-12-18-13-15/h9,12-14,16H,4-8,10-11H2,1-3H3. The van der Waals surface area contributed by atoms with E-state index in [0.717, 1.165) is 13.0 Å². The van der Waals surface area contributed by atoms with E-state index >= 15 is 0 Å². The van der Waals surface area contributed by atoms with Gasteiger partial charge in [-0.05, 0) is 74.8 Å². The molecule has 0 spiro atoms. The van der Waals surface area contributed by atoms with E-state index in [4.69, 9.17) is 0 Å². The second-order valence-corrected chi connectivity index (χ2v) is 5.69. The highest BCUT2D eigenvalue weighted by Crippen LogP contribution is 2.06. The van der Waals surface area contributed by atoms with Crippen LogP contribution < -0.4 is 5.32 Å². The molecule has 0 aliphatic heterocycles. The molecule has 0 radical (unpaired) electrons. The fourth-order valence-electron chi connectivity index (χ4n) is 2.16. The Balaban J connectivity index is 2.01. The molecule has 18 heavy (non-hydrogen) atoms. The zero-order chi connectivity index (χ0) is 13.2. The molecule has 1 heterocycles. The summed E-state index contributed by atoms with van der Waals surface area (Å²) in [5.74, 6) is 0. The molecule has 104 valence electrons. The monoisotopic (exact) mass is 268 g/mol. The molecule has 1 N–H and O–H groups in total. The highest BCUT2D eigenvalue weighted by Gasteiger charge is 2.03. The Kier molecular flexibility index (Phi) is 8.31. The van der Waals surface area contributed by atoms with E-state index in [1.807, 2.05) is 0 Å². The van der Waals surface area contributed by atoms with Crippen molar-refractivity contribution >= 4 is 11.3 Å². The van der Waals surface area contributed by atoms with Crippen molar-refractivity contribution in [1.29, 1.82) is 0 Å². The van der Waals surface area contributed by atoms with Gasteiger partial charge in [0.25, 0.3) is 0 Å².